The maximum absolute atomic E-state index is 11.7. The largest absolute Gasteiger partial charge is 0.464 e. The van der Waals surface area contributed by atoms with Crippen molar-refractivity contribution in [3.63, 3.8) is 0 Å². The van der Waals surface area contributed by atoms with Gasteiger partial charge in [0.15, 0.2) is 0 Å². The smallest absolute Gasteiger partial charge is 0.307 e. The lowest BCUT2D eigenvalue weighted by Gasteiger charge is -2.42. The zero-order valence-corrected chi connectivity index (χ0v) is 15.2. The van der Waals surface area contributed by atoms with Crippen LogP contribution in [-0.2, 0) is 9.53 Å². The van der Waals surface area contributed by atoms with E-state index in [2.05, 4.69) is 21.7 Å². The van der Waals surface area contributed by atoms with Gasteiger partial charge in [-0.2, -0.15) is 0 Å². The topological polar surface area (TPSA) is 39.3 Å². The summed E-state index contributed by atoms with van der Waals surface area (Å²) in [5, 5.41) is 0. The Balaban J connectivity index is 1.57. The van der Waals surface area contributed by atoms with Crippen LogP contribution >= 0.6 is 0 Å². The number of likely N-dealkylation sites (tertiary alicyclic amines) is 1. The first-order chi connectivity index (χ1) is 11.0. The molecule has 2 saturated heterocycles. The number of carbonyl (C=O) groups is 1. The monoisotopic (exact) mass is 326 g/mol. The van der Waals surface area contributed by atoms with Gasteiger partial charge in [-0.05, 0) is 47.1 Å². The SMILES string of the molecule is CN(C)CCOC(=O)CCN1CCN(C2CCN(C)CC2)CC1. The number of piperazine rings is 1. The zero-order valence-electron chi connectivity index (χ0n) is 15.2. The number of carbonyl (C=O) groups excluding carboxylic acids is 1. The number of rotatable bonds is 7. The van der Waals surface area contributed by atoms with Crippen LogP contribution in [0.25, 0.3) is 0 Å². The van der Waals surface area contributed by atoms with Crippen LogP contribution < -0.4 is 0 Å². The minimum Gasteiger partial charge on any atom is -0.464 e. The molecule has 6 heteroatoms. The number of piperidine rings is 1. The van der Waals surface area contributed by atoms with E-state index in [9.17, 15) is 4.79 Å². The lowest BCUT2D eigenvalue weighted by molar-refractivity contribution is -0.144. The maximum atomic E-state index is 11.7. The Labute approximate surface area is 141 Å². The van der Waals surface area contributed by atoms with Crippen LogP contribution in [0.5, 0.6) is 0 Å². The van der Waals surface area contributed by atoms with Crippen molar-refractivity contribution in [1.82, 2.24) is 19.6 Å². The van der Waals surface area contributed by atoms with Crippen molar-refractivity contribution in [1.29, 1.82) is 0 Å². The summed E-state index contributed by atoms with van der Waals surface area (Å²) in [6.07, 6.45) is 3.12. The van der Waals surface area contributed by atoms with Gasteiger partial charge >= 0.3 is 5.97 Å². The van der Waals surface area contributed by atoms with Gasteiger partial charge in [-0.15, -0.1) is 0 Å². The number of likely N-dealkylation sites (N-methyl/N-ethyl adjacent to an activating group) is 1. The van der Waals surface area contributed by atoms with Gasteiger partial charge in [-0.1, -0.05) is 0 Å². The summed E-state index contributed by atoms with van der Waals surface area (Å²) in [7, 11) is 6.18. The molecule has 2 fully saturated rings. The highest BCUT2D eigenvalue weighted by Crippen LogP contribution is 2.17. The summed E-state index contributed by atoms with van der Waals surface area (Å²) in [6.45, 7) is 9.02. The molecule has 2 rings (SSSR count). The molecular formula is C17H34N4O2. The van der Waals surface area contributed by atoms with E-state index in [1.165, 1.54) is 25.9 Å². The van der Waals surface area contributed by atoms with Crippen LogP contribution in [0.3, 0.4) is 0 Å². The van der Waals surface area contributed by atoms with E-state index in [1.54, 1.807) is 0 Å². The van der Waals surface area contributed by atoms with E-state index in [4.69, 9.17) is 4.74 Å². The highest BCUT2D eigenvalue weighted by Gasteiger charge is 2.26. The first kappa shape index (κ1) is 18.6. The summed E-state index contributed by atoms with van der Waals surface area (Å²) in [4.78, 5) is 21.2. The van der Waals surface area contributed by atoms with E-state index in [0.717, 1.165) is 45.3 Å². The second-order valence-corrected chi connectivity index (χ2v) is 7.19. The number of esters is 1. The van der Waals surface area contributed by atoms with E-state index in [0.29, 0.717) is 13.0 Å². The van der Waals surface area contributed by atoms with Gasteiger partial charge in [0.2, 0.25) is 0 Å². The van der Waals surface area contributed by atoms with Gasteiger partial charge in [0.05, 0.1) is 6.42 Å². The minimum atomic E-state index is -0.0652. The molecule has 0 aromatic rings. The molecule has 0 aromatic carbocycles. The van der Waals surface area contributed by atoms with E-state index in [1.807, 2.05) is 19.0 Å². The molecule has 2 aliphatic rings. The number of hydrogen-bond donors (Lipinski definition) is 0. The van der Waals surface area contributed by atoms with Crippen LogP contribution in [0.2, 0.25) is 0 Å². The third-order valence-corrected chi connectivity index (χ3v) is 5.05. The molecule has 2 heterocycles. The van der Waals surface area contributed by atoms with Gasteiger partial charge in [-0.25, -0.2) is 0 Å². The molecule has 0 unspecified atom stereocenters. The van der Waals surface area contributed by atoms with Crippen LogP contribution in [0.1, 0.15) is 19.3 Å². The van der Waals surface area contributed by atoms with Crippen molar-refractivity contribution >= 4 is 5.97 Å². The van der Waals surface area contributed by atoms with Gasteiger partial charge in [0, 0.05) is 45.3 Å². The zero-order chi connectivity index (χ0) is 16.7. The molecule has 0 radical (unpaired) electrons. The van der Waals surface area contributed by atoms with Crippen molar-refractivity contribution < 1.29 is 9.53 Å². The molecule has 0 N–H and O–H groups in total. The first-order valence-electron chi connectivity index (χ1n) is 9.00. The Hall–Kier alpha value is -0.690. The van der Waals surface area contributed by atoms with Crippen molar-refractivity contribution in [3.05, 3.63) is 0 Å². The Morgan fingerprint density at radius 1 is 1.09 bits per heavy atom. The van der Waals surface area contributed by atoms with Crippen LogP contribution in [0.4, 0.5) is 0 Å². The summed E-state index contributed by atoms with van der Waals surface area (Å²) < 4.78 is 5.25. The summed E-state index contributed by atoms with van der Waals surface area (Å²) in [6, 6.07) is 0.768. The fourth-order valence-electron chi connectivity index (χ4n) is 3.38. The normalized spacial score (nSPS) is 22.6. The quantitative estimate of drug-likeness (QED) is 0.622. The predicted octanol–water partition coefficient (Wildman–Crippen LogP) is 0.193. The first-order valence-corrected chi connectivity index (χ1v) is 9.00. The minimum absolute atomic E-state index is 0.0652. The Morgan fingerprint density at radius 2 is 1.74 bits per heavy atom. The summed E-state index contributed by atoms with van der Waals surface area (Å²) in [5.74, 6) is -0.0652. The molecule has 2 aliphatic heterocycles. The second-order valence-electron chi connectivity index (χ2n) is 7.19. The van der Waals surface area contributed by atoms with Crippen molar-refractivity contribution in [3.8, 4) is 0 Å². The molecule has 6 nitrogen and oxygen atoms in total. The number of hydrogen-bond acceptors (Lipinski definition) is 6. The Kier molecular flexibility index (Phi) is 7.76. The fraction of sp³-hybridized carbons (Fsp3) is 0.941. The van der Waals surface area contributed by atoms with Crippen molar-refractivity contribution in [2.24, 2.45) is 0 Å². The highest BCUT2D eigenvalue weighted by atomic mass is 16.5. The third kappa shape index (κ3) is 6.75. The molecular weight excluding hydrogens is 292 g/mol. The Bertz CT molecular complexity index is 349. The molecule has 0 spiro atoms. The molecule has 0 amide bonds. The molecule has 0 atom stereocenters. The highest BCUT2D eigenvalue weighted by molar-refractivity contribution is 5.69. The molecule has 0 aromatic heterocycles. The van der Waals surface area contributed by atoms with Crippen LogP contribution in [0.15, 0.2) is 0 Å². The van der Waals surface area contributed by atoms with Crippen LogP contribution in [-0.4, -0.2) is 112 Å². The maximum Gasteiger partial charge on any atom is 0.307 e. The van der Waals surface area contributed by atoms with E-state index in [-0.39, 0.29) is 5.97 Å². The van der Waals surface area contributed by atoms with Gasteiger partial charge in [-0.3, -0.25) is 9.69 Å². The molecule has 0 saturated carbocycles. The van der Waals surface area contributed by atoms with Crippen LogP contribution in [0, 0.1) is 0 Å². The Morgan fingerprint density at radius 3 is 2.35 bits per heavy atom. The second kappa shape index (κ2) is 9.57. The standard InChI is InChI=1S/C17H34N4O2/c1-18(2)14-15-23-17(22)6-9-20-10-12-21(13-11-20)16-4-7-19(3)8-5-16/h16H,4-15H2,1-3H3. The predicted molar refractivity (Wildman–Crippen MR) is 92.7 cm³/mol. The van der Waals surface area contributed by atoms with E-state index < -0.39 is 0 Å². The average molecular weight is 326 g/mol. The summed E-state index contributed by atoms with van der Waals surface area (Å²) >= 11 is 0. The lowest BCUT2D eigenvalue weighted by Crippen LogP contribution is -2.53. The average Bonchev–Trinajstić information content (AvgIpc) is 2.54. The van der Waals surface area contributed by atoms with Crippen molar-refractivity contribution in [2.75, 3.05) is 80.1 Å². The van der Waals surface area contributed by atoms with Gasteiger partial charge in [0.1, 0.15) is 6.61 Å². The van der Waals surface area contributed by atoms with E-state index >= 15 is 0 Å². The van der Waals surface area contributed by atoms with Gasteiger partial charge < -0.3 is 19.4 Å². The number of nitrogens with zero attached hydrogens (tertiary/aromatic N) is 4. The fourth-order valence-corrected chi connectivity index (χ4v) is 3.38. The molecule has 0 bridgehead atoms. The van der Waals surface area contributed by atoms with Gasteiger partial charge in [0.25, 0.3) is 0 Å². The van der Waals surface area contributed by atoms with Crippen molar-refractivity contribution in [2.45, 2.75) is 25.3 Å². The number of ether oxygens (including phenoxy) is 1. The molecule has 0 aliphatic carbocycles. The molecule has 134 valence electrons. The third-order valence-electron chi connectivity index (χ3n) is 5.05. The summed E-state index contributed by atoms with van der Waals surface area (Å²) in [5.41, 5.74) is 0. The molecule has 23 heavy (non-hydrogen) atoms. The lowest BCUT2D eigenvalue weighted by atomic mass is 10.0.